The van der Waals surface area contributed by atoms with Gasteiger partial charge in [-0.3, -0.25) is 4.99 Å². The van der Waals surface area contributed by atoms with Crippen LogP contribution >= 0.6 is 17.0 Å². The van der Waals surface area contributed by atoms with Gasteiger partial charge in [-0.05, 0) is 30.6 Å². The summed E-state index contributed by atoms with van der Waals surface area (Å²) in [5.74, 6) is 1.65. The lowest BCUT2D eigenvalue weighted by atomic mass is 9.96. The maximum atomic E-state index is 5.54. The lowest BCUT2D eigenvalue weighted by molar-refractivity contribution is 0.443. The van der Waals surface area contributed by atoms with E-state index in [9.17, 15) is 0 Å². The maximum Gasteiger partial charge on any atom is 0.210 e. The highest BCUT2D eigenvalue weighted by Gasteiger charge is 2.16. The van der Waals surface area contributed by atoms with Crippen LogP contribution in [0.2, 0.25) is 0 Å². The van der Waals surface area contributed by atoms with E-state index in [4.69, 9.17) is 16.3 Å². The van der Waals surface area contributed by atoms with Crippen LogP contribution in [0, 0.1) is 5.92 Å². The van der Waals surface area contributed by atoms with E-state index in [1.165, 1.54) is 32.1 Å². The van der Waals surface area contributed by atoms with E-state index in [0.717, 1.165) is 5.75 Å². The minimum Gasteiger partial charge on any atom is -0.330 e. The fourth-order valence-corrected chi connectivity index (χ4v) is 5.67. The highest BCUT2D eigenvalue weighted by atomic mass is 32.9. The standard InChI is InChI=1S/C12H25N2OPS2/c1-11(2)9-18-16(17,15-3)14-10-13-12-7-5-4-6-8-12/h10-12H,4-9H2,1-3H3,(H,13,14,17). The van der Waals surface area contributed by atoms with Gasteiger partial charge in [0.05, 0.1) is 12.4 Å². The highest BCUT2D eigenvalue weighted by molar-refractivity contribution is 8.68. The van der Waals surface area contributed by atoms with E-state index in [-0.39, 0.29) is 0 Å². The Kier molecular flexibility index (Phi) is 7.85. The third-order valence-corrected chi connectivity index (χ3v) is 8.90. The molecule has 6 heteroatoms. The second kappa shape index (κ2) is 8.57. The van der Waals surface area contributed by atoms with E-state index in [2.05, 4.69) is 23.9 Å². The van der Waals surface area contributed by atoms with Crippen LogP contribution in [0.3, 0.4) is 0 Å². The molecule has 0 aromatic heterocycles. The first-order chi connectivity index (χ1) is 8.56. The van der Waals surface area contributed by atoms with Crippen LogP contribution in [0.15, 0.2) is 4.99 Å². The Labute approximate surface area is 120 Å². The largest absolute Gasteiger partial charge is 0.330 e. The molecule has 0 saturated heterocycles. The topological polar surface area (TPSA) is 33.6 Å². The van der Waals surface area contributed by atoms with Crippen molar-refractivity contribution in [3.05, 3.63) is 0 Å². The second-order valence-electron chi connectivity index (χ2n) is 5.07. The van der Waals surface area contributed by atoms with Crippen molar-refractivity contribution >= 4 is 35.1 Å². The quantitative estimate of drug-likeness (QED) is 0.434. The lowest BCUT2D eigenvalue weighted by Crippen LogP contribution is -2.14. The van der Waals surface area contributed by atoms with Gasteiger partial charge in [0.15, 0.2) is 0 Å². The summed E-state index contributed by atoms with van der Waals surface area (Å²) in [6, 6.07) is 0.488. The van der Waals surface area contributed by atoms with Gasteiger partial charge >= 0.3 is 0 Å². The third kappa shape index (κ3) is 6.55. The first-order valence-corrected chi connectivity index (χ1v) is 11.0. The van der Waals surface area contributed by atoms with E-state index in [1.807, 2.05) is 0 Å². The van der Waals surface area contributed by atoms with Gasteiger partial charge in [0.1, 0.15) is 0 Å². The predicted octanol–water partition coefficient (Wildman–Crippen LogP) is 4.20. The molecule has 0 bridgehead atoms. The van der Waals surface area contributed by atoms with Gasteiger partial charge in [-0.2, -0.15) is 0 Å². The molecule has 0 spiro atoms. The molecule has 1 N–H and O–H groups in total. The molecule has 3 nitrogen and oxygen atoms in total. The first-order valence-electron chi connectivity index (χ1n) is 6.65. The summed E-state index contributed by atoms with van der Waals surface area (Å²) < 4.78 is 5.46. The average molecular weight is 308 g/mol. The molecule has 0 amide bonds. The van der Waals surface area contributed by atoms with E-state index in [0.29, 0.717) is 12.0 Å². The summed E-state index contributed by atoms with van der Waals surface area (Å²) in [6.45, 7) is 4.39. The molecule has 1 atom stereocenters. The number of nitrogens with zero attached hydrogens (tertiary/aromatic N) is 1. The van der Waals surface area contributed by atoms with Crippen LogP contribution in [0.25, 0.3) is 0 Å². The molecule has 0 aliphatic heterocycles. The molecule has 0 radical (unpaired) electrons. The zero-order chi connectivity index (χ0) is 13.4. The second-order valence-corrected chi connectivity index (χ2v) is 11.8. The van der Waals surface area contributed by atoms with Gasteiger partial charge < -0.3 is 9.61 Å². The van der Waals surface area contributed by atoms with Gasteiger partial charge in [0.25, 0.3) is 0 Å². The van der Waals surface area contributed by atoms with Gasteiger partial charge in [-0.1, -0.05) is 44.5 Å². The molecule has 0 heterocycles. The fourth-order valence-electron chi connectivity index (χ4n) is 1.83. The molecule has 1 aliphatic rings. The molecule has 1 unspecified atom stereocenters. The Morgan fingerprint density at radius 2 is 2.11 bits per heavy atom. The molecule has 1 saturated carbocycles. The average Bonchev–Trinajstić information content (AvgIpc) is 2.38. The Morgan fingerprint density at radius 3 is 2.67 bits per heavy atom. The van der Waals surface area contributed by atoms with Crippen molar-refractivity contribution in [1.29, 1.82) is 0 Å². The van der Waals surface area contributed by atoms with Crippen molar-refractivity contribution in [1.82, 2.24) is 5.09 Å². The number of hydrogen-bond donors (Lipinski definition) is 1. The van der Waals surface area contributed by atoms with Crippen molar-refractivity contribution in [3.63, 3.8) is 0 Å². The molecule has 1 fully saturated rings. The summed E-state index contributed by atoms with van der Waals surface area (Å²) in [7, 11) is 1.69. The smallest absolute Gasteiger partial charge is 0.210 e. The zero-order valence-corrected chi connectivity index (χ0v) is 14.1. The normalized spacial score (nSPS) is 21.3. The molecule has 1 rings (SSSR count). The molecule has 18 heavy (non-hydrogen) atoms. The van der Waals surface area contributed by atoms with Crippen molar-refractivity contribution in [2.24, 2.45) is 10.9 Å². The summed E-state index contributed by atoms with van der Waals surface area (Å²) >= 11 is 7.26. The number of rotatable bonds is 7. The lowest BCUT2D eigenvalue weighted by Gasteiger charge is -2.21. The predicted molar refractivity (Wildman–Crippen MR) is 87.1 cm³/mol. The summed E-state index contributed by atoms with van der Waals surface area (Å²) in [5, 5.41) is 3.22. The Hall–Kier alpha value is 0.430. The van der Waals surface area contributed by atoms with Crippen molar-refractivity contribution in [2.75, 3.05) is 12.9 Å². The number of hydrogen-bond acceptors (Lipinski definition) is 4. The van der Waals surface area contributed by atoms with E-state index in [1.54, 1.807) is 24.8 Å². The Morgan fingerprint density at radius 1 is 1.44 bits per heavy atom. The van der Waals surface area contributed by atoms with Crippen LogP contribution in [0.4, 0.5) is 0 Å². The van der Waals surface area contributed by atoms with Crippen LogP contribution in [-0.2, 0) is 16.3 Å². The Bertz CT molecular complexity index is 304. The van der Waals surface area contributed by atoms with E-state index < -0.39 is 5.62 Å². The van der Waals surface area contributed by atoms with Gasteiger partial charge in [0.2, 0.25) is 5.62 Å². The minimum absolute atomic E-state index is 0.488. The van der Waals surface area contributed by atoms with Crippen LogP contribution in [0.5, 0.6) is 0 Å². The molecular weight excluding hydrogens is 283 g/mol. The van der Waals surface area contributed by atoms with Crippen molar-refractivity contribution in [2.45, 2.75) is 52.0 Å². The minimum atomic E-state index is -1.97. The van der Waals surface area contributed by atoms with Crippen LogP contribution in [0.1, 0.15) is 46.0 Å². The zero-order valence-electron chi connectivity index (χ0n) is 11.6. The maximum absolute atomic E-state index is 5.54. The van der Waals surface area contributed by atoms with Crippen LogP contribution < -0.4 is 5.09 Å². The van der Waals surface area contributed by atoms with E-state index >= 15 is 0 Å². The monoisotopic (exact) mass is 308 g/mol. The Balaban J connectivity index is 2.37. The summed E-state index contributed by atoms with van der Waals surface area (Å²) in [6.07, 6.45) is 8.21. The first kappa shape index (κ1) is 16.5. The molecule has 106 valence electrons. The third-order valence-electron chi connectivity index (χ3n) is 2.89. The van der Waals surface area contributed by atoms with Crippen LogP contribution in [-0.4, -0.2) is 25.2 Å². The highest BCUT2D eigenvalue weighted by Crippen LogP contribution is 2.55. The summed E-state index contributed by atoms with van der Waals surface area (Å²) in [5.41, 5.74) is -1.97. The van der Waals surface area contributed by atoms with Gasteiger partial charge in [-0.15, -0.1) is 0 Å². The number of nitrogens with one attached hydrogen (secondary N) is 1. The molecular formula is C12H25N2OPS2. The fraction of sp³-hybridized carbons (Fsp3) is 0.917. The molecule has 0 aromatic carbocycles. The SMILES string of the molecule is COP(=S)(NC=NC1CCCCC1)SCC(C)C. The number of aliphatic imine (C=N–C) groups is 1. The van der Waals surface area contributed by atoms with Gasteiger partial charge in [0, 0.05) is 12.9 Å². The van der Waals surface area contributed by atoms with Gasteiger partial charge in [-0.25, -0.2) is 0 Å². The molecule has 0 aromatic rings. The van der Waals surface area contributed by atoms with Crippen molar-refractivity contribution < 1.29 is 4.52 Å². The summed E-state index contributed by atoms with van der Waals surface area (Å²) in [4.78, 5) is 4.57. The van der Waals surface area contributed by atoms with Crippen molar-refractivity contribution in [3.8, 4) is 0 Å². The molecule has 1 aliphatic carbocycles.